The summed E-state index contributed by atoms with van der Waals surface area (Å²) < 4.78 is 0. The van der Waals surface area contributed by atoms with Crippen molar-refractivity contribution in [2.24, 2.45) is 5.41 Å². The summed E-state index contributed by atoms with van der Waals surface area (Å²) in [5, 5.41) is 0. The molecule has 1 aromatic heterocycles. The van der Waals surface area contributed by atoms with Crippen LogP contribution in [0.15, 0.2) is 79.1 Å². The van der Waals surface area contributed by atoms with Gasteiger partial charge in [-0.25, -0.2) is 0 Å². The van der Waals surface area contributed by atoms with Crippen LogP contribution in [-0.2, 0) is 4.79 Å². The molecule has 1 saturated heterocycles. The normalized spacial score (nSPS) is 24.4. The fraction of sp³-hybridized carbons (Fsp3) is 0.185. The largest absolute Gasteiger partial charge is 0.352 e. The molecule has 1 fully saturated rings. The maximum Gasteiger partial charge on any atom is 0.180 e. The van der Waals surface area contributed by atoms with Crippen LogP contribution in [0, 0.1) is 5.41 Å². The van der Waals surface area contributed by atoms with E-state index in [1.165, 1.54) is 0 Å². The van der Waals surface area contributed by atoms with Gasteiger partial charge >= 0.3 is 0 Å². The van der Waals surface area contributed by atoms with Crippen LogP contribution < -0.4 is 4.90 Å². The number of aromatic nitrogens is 1. The van der Waals surface area contributed by atoms with Gasteiger partial charge in [0.25, 0.3) is 0 Å². The van der Waals surface area contributed by atoms with Crippen LogP contribution in [0.1, 0.15) is 44.7 Å². The molecule has 2 aliphatic heterocycles. The van der Waals surface area contributed by atoms with Crippen LogP contribution in [0.25, 0.3) is 6.08 Å². The molecule has 1 aliphatic carbocycles. The van der Waals surface area contributed by atoms with Crippen LogP contribution in [0.4, 0.5) is 5.69 Å². The first-order chi connectivity index (χ1) is 15.6. The number of para-hydroxylation sites is 1. The van der Waals surface area contributed by atoms with Crippen molar-refractivity contribution in [1.29, 1.82) is 0 Å². The van der Waals surface area contributed by atoms with Gasteiger partial charge in [-0.3, -0.25) is 19.4 Å². The number of carbonyl (C=O) groups is 3. The summed E-state index contributed by atoms with van der Waals surface area (Å²) >= 11 is 0. The second-order valence-corrected chi connectivity index (χ2v) is 8.66. The number of pyridine rings is 1. The number of benzene rings is 2. The fourth-order valence-corrected chi connectivity index (χ4v) is 6.00. The molecule has 3 atom stereocenters. The molecule has 3 aromatic rings. The van der Waals surface area contributed by atoms with Gasteiger partial charge in [-0.1, -0.05) is 60.7 Å². The Morgan fingerprint density at radius 2 is 1.62 bits per heavy atom. The van der Waals surface area contributed by atoms with Gasteiger partial charge in [0.2, 0.25) is 0 Å². The first-order valence-electron chi connectivity index (χ1n) is 10.7. The van der Waals surface area contributed by atoms with Crippen molar-refractivity contribution in [3.05, 3.63) is 101 Å². The van der Waals surface area contributed by atoms with E-state index in [0.29, 0.717) is 11.1 Å². The van der Waals surface area contributed by atoms with Crippen molar-refractivity contribution >= 4 is 29.1 Å². The molecule has 0 radical (unpaired) electrons. The predicted octanol–water partition coefficient (Wildman–Crippen LogP) is 4.10. The van der Waals surface area contributed by atoms with E-state index in [-0.39, 0.29) is 17.3 Å². The second kappa shape index (κ2) is 6.57. The van der Waals surface area contributed by atoms with Crippen molar-refractivity contribution in [3.8, 4) is 0 Å². The number of fused-ring (bicyclic) bond motifs is 5. The summed E-state index contributed by atoms with van der Waals surface area (Å²) in [5.41, 5.74) is 2.00. The molecule has 3 heterocycles. The van der Waals surface area contributed by atoms with Crippen molar-refractivity contribution in [2.45, 2.75) is 24.9 Å². The summed E-state index contributed by atoms with van der Waals surface area (Å²) in [4.78, 5) is 47.8. The molecule has 0 bridgehead atoms. The molecule has 0 saturated carbocycles. The Bertz CT molecular complexity index is 1290. The maximum atomic E-state index is 14.1. The summed E-state index contributed by atoms with van der Waals surface area (Å²) in [6, 6.07) is 17.2. The van der Waals surface area contributed by atoms with E-state index >= 15 is 0 Å². The Morgan fingerprint density at radius 1 is 0.938 bits per heavy atom. The maximum absolute atomic E-state index is 14.1. The van der Waals surface area contributed by atoms with E-state index in [1.54, 1.807) is 49.6 Å². The van der Waals surface area contributed by atoms with Gasteiger partial charge in [0.05, 0.1) is 12.1 Å². The summed E-state index contributed by atoms with van der Waals surface area (Å²) in [7, 11) is 0. The Balaban J connectivity index is 1.69. The lowest BCUT2D eigenvalue weighted by Crippen LogP contribution is -2.48. The predicted molar refractivity (Wildman–Crippen MR) is 121 cm³/mol. The van der Waals surface area contributed by atoms with E-state index in [4.69, 9.17) is 0 Å². The van der Waals surface area contributed by atoms with Crippen molar-refractivity contribution in [2.75, 3.05) is 4.90 Å². The van der Waals surface area contributed by atoms with Crippen LogP contribution in [0.3, 0.4) is 0 Å². The highest BCUT2D eigenvalue weighted by Gasteiger charge is 2.71. The quantitative estimate of drug-likeness (QED) is 0.584. The van der Waals surface area contributed by atoms with Crippen LogP contribution in [-0.4, -0.2) is 34.4 Å². The van der Waals surface area contributed by atoms with E-state index in [2.05, 4.69) is 4.98 Å². The van der Waals surface area contributed by atoms with E-state index in [9.17, 15) is 14.4 Å². The van der Waals surface area contributed by atoms with Gasteiger partial charge in [0, 0.05) is 35.1 Å². The molecule has 5 heteroatoms. The molecule has 6 rings (SSSR count). The average molecular weight is 420 g/mol. The van der Waals surface area contributed by atoms with Crippen molar-refractivity contribution < 1.29 is 14.4 Å². The first-order valence-corrected chi connectivity index (χ1v) is 10.7. The minimum atomic E-state index is -1.42. The number of rotatable bonds is 2. The molecule has 2 aromatic carbocycles. The topological polar surface area (TPSA) is 67.3 Å². The minimum Gasteiger partial charge on any atom is -0.352 e. The molecule has 1 unspecified atom stereocenters. The van der Waals surface area contributed by atoms with Gasteiger partial charge in [0.1, 0.15) is 5.41 Å². The Hall–Kier alpha value is -3.86. The third-order valence-corrected chi connectivity index (χ3v) is 7.17. The summed E-state index contributed by atoms with van der Waals surface area (Å²) in [6.45, 7) is 1.54. The van der Waals surface area contributed by atoms with Gasteiger partial charge in [0.15, 0.2) is 17.3 Å². The number of ketones is 3. The standard InChI is InChI=1S/C27H20N2O3/c1-16(30)24-23(18-8-6-14-28-15-18)27(25(31)19-9-3-4-10-20(19)26(27)32)22-13-12-17-7-2-5-11-21(17)29(22)24/h2-15,22-24H,1H3/t22?,23-,24-/m0/s1. The van der Waals surface area contributed by atoms with Crippen molar-refractivity contribution in [3.63, 3.8) is 0 Å². The van der Waals surface area contributed by atoms with Crippen LogP contribution in [0.5, 0.6) is 0 Å². The zero-order valence-electron chi connectivity index (χ0n) is 17.4. The fourth-order valence-electron chi connectivity index (χ4n) is 6.00. The Morgan fingerprint density at radius 3 is 2.28 bits per heavy atom. The van der Waals surface area contributed by atoms with Gasteiger partial charge < -0.3 is 4.90 Å². The molecule has 1 spiro atoms. The molecule has 3 aliphatic rings. The lowest BCUT2D eigenvalue weighted by molar-refractivity contribution is -0.118. The monoisotopic (exact) mass is 420 g/mol. The molecule has 32 heavy (non-hydrogen) atoms. The molecular formula is C27H20N2O3. The molecule has 0 amide bonds. The highest BCUT2D eigenvalue weighted by atomic mass is 16.2. The number of anilines is 1. The molecule has 0 N–H and O–H groups in total. The third kappa shape index (κ3) is 2.18. The number of hydrogen-bond acceptors (Lipinski definition) is 5. The summed E-state index contributed by atoms with van der Waals surface area (Å²) in [5.74, 6) is -1.16. The highest BCUT2D eigenvalue weighted by Crippen LogP contribution is 2.60. The second-order valence-electron chi connectivity index (χ2n) is 8.66. The number of hydrogen-bond donors (Lipinski definition) is 0. The molecule has 5 nitrogen and oxygen atoms in total. The number of nitrogens with zero attached hydrogens (tertiary/aromatic N) is 2. The number of carbonyl (C=O) groups excluding carboxylic acids is 3. The van der Waals surface area contributed by atoms with Gasteiger partial charge in [-0.05, 0) is 30.2 Å². The van der Waals surface area contributed by atoms with Crippen LogP contribution >= 0.6 is 0 Å². The first kappa shape index (κ1) is 18.9. The molecular weight excluding hydrogens is 400 g/mol. The van der Waals surface area contributed by atoms with E-state index < -0.39 is 23.4 Å². The SMILES string of the molecule is CC(=O)[C@H]1[C@H](c2cccnc2)C2(C(=O)c3ccccc3C2=O)C2C=Cc3ccccc3N21. The zero-order chi connectivity index (χ0) is 22.0. The van der Waals surface area contributed by atoms with Crippen molar-refractivity contribution in [1.82, 2.24) is 4.98 Å². The smallest absolute Gasteiger partial charge is 0.180 e. The van der Waals surface area contributed by atoms with Gasteiger partial charge in [-0.2, -0.15) is 0 Å². The van der Waals surface area contributed by atoms with E-state index in [1.807, 2.05) is 47.4 Å². The Labute approximate surface area is 185 Å². The Kier molecular flexibility index (Phi) is 3.87. The number of Topliss-reactive ketones (excluding diaryl/α,β-unsaturated/α-hetero) is 3. The summed E-state index contributed by atoms with van der Waals surface area (Å²) in [6.07, 6.45) is 7.23. The molecule has 156 valence electrons. The van der Waals surface area contributed by atoms with E-state index in [0.717, 1.165) is 16.8 Å². The lowest BCUT2D eigenvalue weighted by Gasteiger charge is -2.37. The minimum absolute atomic E-state index is 0.0811. The zero-order valence-corrected chi connectivity index (χ0v) is 17.4. The lowest BCUT2D eigenvalue weighted by atomic mass is 9.64. The average Bonchev–Trinajstić information content (AvgIpc) is 3.27. The third-order valence-electron chi connectivity index (χ3n) is 7.17. The van der Waals surface area contributed by atoms with Gasteiger partial charge in [-0.15, -0.1) is 0 Å². The highest BCUT2D eigenvalue weighted by molar-refractivity contribution is 6.32. The van der Waals surface area contributed by atoms with Crippen LogP contribution in [0.2, 0.25) is 0 Å².